The number of hydrogen-bond acceptors (Lipinski definition) is 6. The number of ether oxygens (including phenoxy) is 1. The quantitative estimate of drug-likeness (QED) is 0.579. The number of allylic oxidation sites excluding steroid dienone is 1. The van der Waals surface area contributed by atoms with E-state index in [0.29, 0.717) is 24.3 Å². The van der Waals surface area contributed by atoms with Gasteiger partial charge in [-0.15, -0.1) is 0 Å². The molecule has 2 aromatic heterocycles. The maximum absolute atomic E-state index is 14.0. The van der Waals surface area contributed by atoms with Crippen LogP contribution in [0.15, 0.2) is 42.1 Å². The van der Waals surface area contributed by atoms with Gasteiger partial charge in [0.2, 0.25) is 0 Å². The molecule has 2 bridgehead atoms. The molecule has 0 spiro atoms. The highest BCUT2D eigenvalue weighted by Crippen LogP contribution is 2.29. The topological polar surface area (TPSA) is 102 Å². The summed E-state index contributed by atoms with van der Waals surface area (Å²) in [5, 5.41) is 16.0. The fourth-order valence-electron chi connectivity index (χ4n) is 3.61. The zero-order valence-electron chi connectivity index (χ0n) is 16.9. The summed E-state index contributed by atoms with van der Waals surface area (Å²) < 4.78 is 21.8. The Bertz CT molecular complexity index is 1150. The Morgan fingerprint density at radius 1 is 1.33 bits per heavy atom. The lowest BCUT2D eigenvalue weighted by molar-refractivity contribution is 0.305. The highest BCUT2D eigenvalue weighted by Gasteiger charge is 2.19. The minimum absolute atomic E-state index is 0.110. The Morgan fingerprint density at radius 2 is 2.17 bits per heavy atom. The normalized spacial score (nSPS) is 15.8. The fraction of sp³-hybridized carbons (Fsp3) is 0.227. The first-order chi connectivity index (χ1) is 14.5. The fourth-order valence-corrected chi connectivity index (χ4v) is 3.61. The average Bonchev–Trinajstić information content (AvgIpc) is 3.09. The molecule has 4 rings (SSSR count). The SMILES string of the molecule is CCN/C1=C(\C=N)Cc2cc(C)nn2-c2ccc(F)cc2COc2cc1cnc2N. The molecule has 0 atom stereocenters. The van der Waals surface area contributed by atoms with Crippen molar-refractivity contribution >= 4 is 17.7 Å². The van der Waals surface area contributed by atoms with Gasteiger partial charge in [0.05, 0.1) is 11.4 Å². The molecule has 0 unspecified atom stereocenters. The van der Waals surface area contributed by atoms with Crippen LogP contribution < -0.4 is 15.8 Å². The summed E-state index contributed by atoms with van der Waals surface area (Å²) in [6.45, 7) is 4.68. The molecule has 1 aliphatic heterocycles. The van der Waals surface area contributed by atoms with Crippen LogP contribution in [0.4, 0.5) is 10.2 Å². The number of aromatic nitrogens is 3. The van der Waals surface area contributed by atoms with Gasteiger partial charge in [-0.3, -0.25) is 0 Å². The van der Waals surface area contributed by atoms with Crippen LogP contribution in [0.1, 0.15) is 29.4 Å². The molecule has 1 aliphatic rings. The van der Waals surface area contributed by atoms with Crippen LogP contribution in [0.25, 0.3) is 11.4 Å². The molecule has 7 nitrogen and oxygen atoms in total. The molecule has 0 amide bonds. The van der Waals surface area contributed by atoms with Gasteiger partial charge in [-0.1, -0.05) is 0 Å². The van der Waals surface area contributed by atoms with Crippen molar-refractivity contribution in [3.8, 4) is 11.4 Å². The van der Waals surface area contributed by atoms with Crippen LogP contribution in [0.2, 0.25) is 0 Å². The number of nitrogens with two attached hydrogens (primary N) is 1. The molecule has 30 heavy (non-hydrogen) atoms. The summed E-state index contributed by atoms with van der Waals surface area (Å²) in [6, 6.07) is 8.30. The van der Waals surface area contributed by atoms with Gasteiger partial charge >= 0.3 is 0 Å². The van der Waals surface area contributed by atoms with Crippen molar-refractivity contribution in [2.75, 3.05) is 12.3 Å². The maximum Gasteiger partial charge on any atom is 0.166 e. The number of pyridine rings is 1. The summed E-state index contributed by atoms with van der Waals surface area (Å²) in [4.78, 5) is 4.26. The van der Waals surface area contributed by atoms with Gasteiger partial charge in [-0.2, -0.15) is 5.10 Å². The van der Waals surface area contributed by atoms with E-state index in [0.717, 1.165) is 33.9 Å². The molecular weight excluding hydrogens is 383 g/mol. The molecule has 3 aromatic rings. The smallest absolute Gasteiger partial charge is 0.166 e. The maximum atomic E-state index is 14.0. The Kier molecular flexibility index (Phi) is 5.22. The summed E-state index contributed by atoms with van der Waals surface area (Å²) in [5.74, 6) is 0.292. The molecule has 154 valence electrons. The minimum atomic E-state index is -0.357. The van der Waals surface area contributed by atoms with Crippen LogP contribution >= 0.6 is 0 Å². The number of rotatable bonds is 3. The van der Waals surface area contributed by atoms with E-state index in [1.54, 1.807) is 23.0 Å². The van der Waals surface area contributed by atoms with E-state index < -0.39 is 0 Å². The Morgan fingerprint density at radius 3 is 2.93 bits per heavy atom. The highest BCUT2D eigenvalue weighted by molar-refractivity contribution is 5.89. The Hall–Kier alpha value is -3.68. The van der Waals surface area contributed by atoms with E-state index in [9.17, 15) is 4.39 Å². The van der Waals surface area contributed by atoms with Gasteiger partial charge in [0.1, 0.15) is 12.4 Å². The molecule has 4 N–H and O–H groups in total. The summed E-state index contributed by atoms with van der Waals surface area (Å²) in [6.07, 6.45) is 3.45. The highest BCUT2D eigenvalue weighted by atomic mass is 19.1. The standard InChI is InChI=1S/C22H23FN6O/c1-3-26-21-14(10-24)8-18-6-13(2)28-29(18)19-5-4-17(23)7-16(19)12-30-20-9-15(21)11-27-22(20)25/h4-7,9-11,24,26H,3,8,12H2,1-2H3,(H2,25,27)/b21-14-,24-10?. The van der Waals surface area contributed by atoms with Crippen LogP contribution in [0.3, 0.4) is 0 Å². The summed E-state index contributed by atoms with van der Waals surface area (Å²) in [7, 11) is 0. The Labute approximate surface area is 173 Å². The monoisotopic (exact) mass is 406 g/mol. The first-order valence-corrected chi connectivity index (χ1v) is 9.70. The van der Waals surface area contributed by atoms with Gasteiger partial charge in [0, 0.05) is 47.9 Å². The zero-order valence-corrected chi connectivity index (χ0v) is 16.9. The lowest BCUT2D eigenvalue weighted by Gasteiger charge is -2.19. The summed E-state index contributed by atoms with van der Waals surface area (Å²) >= 11 is 0. The number of halogens is 1. The van der Waals surface area contributed by atoms with Gasteiger partial charge in [0.25, 0.3) is 0 Å². The number of hydrogen-bond donors (Lipinski definition) is 3. The molecule has 0 saturated carbocycles. The first kappa shape index (κ1) is 19.6. The molecular formula is C22H23FN6O. The minimum Gasteiger partial charge on any atom is -0.485 e. The first-order valence-electron chi connectivity index (χ1n) is 9.70. The van der Waals surface area contributed by atoms with E-state index in [4.69, 9.17) is 15.9 Å². The second-order valence-corrected chi connectivity index (χ2v) is 7.11. The summed E-state index contributed by atoms with van der Waals surface area (Å²) in [5.41, 5.74) is 11.4. The molecule has 3 heterocycles. The number of nitrogen functional groups attached to an aromatic ring is 1. The number of anilines is 1. The van der Waals surface area contributed by atoms with Crippen molar-refractivity contribution in [2.45, 2.75) is 26.9 Å². The van der Waals surface area contributed by atoms with Crippen molar-refractivity contribution < 1.29 is 9.13 Å². The molecule has 0 saturated heterocycles. The van der Waals surface area contributed by atoms with Gasteiger partial charge < -0.3 is 21.2 Å². The predicted octanol–water partition coefficient (Wildman–Crippen LogP) is 3.40. The van der Waals surface area contributed by atoms with E-state index >= 15 is 0 Å². The third-order valence-corrected chi connectivity index (χ3v) is 4.95. The predicted molar refractivity (Wildman–Crippen MR) is 114 cm³/mol. The van der Waals surface area contributed by atoms with Gasteiger partial charge in [0.15, 0.2) is 11.6 Å². The molecule has 0 aliphatic carbocycles. The van der Waals surface area contributed by atoms with Gasteiger partial charge in [-0.05, 0) is 49.8 Å². The van der Waals surface area contributed by atoms with Crippen molar-refractivity contribution in [1.29, 1.82) is 5.41 Å². The number of aryl methyl sites for hydroxylation is 1. The van der Waals surface area contributed by atoms with Crippen molar-refractivity contribution in [3.63, 3.8) is 0 Å². The molecule has 8 heteroatoms. The number of nitrogens with one attached hydrogen (secondary N) is 2. The second kappa shape index (κ2) is 7.98. The number of fused-ring (bicyclic) bond motifs is 5. The van der Waals surface area contributed by atoms with Crippen molar-refractivity contribution in [2.24, 2.45) is 0 Å². The lowest BCUT2D eigenvalue weighted by Crippen LogP contribution is -2.17. The van der Waals surface area contributed by atoms with Crippen LogP contribution in [0.5, 0.6) is 5.75 Å². The van der Waals surface area contributed by atoms with Gasteiger partial charge in [-0.25, -0.2) is 14.1 Å². The van der Waals surface area contributed by atoms with E-state index in [2.05, 4.69) is 15.4 Å². The Balaban J connectivity index is 1.99. The van der Waals surface area contributed by atoms with E-state index in [-0.39, 0.29) is 18.2 Å². The third-order valence-electron chi connectivity index (χ3n) is 4.95. The van der Waals surface area contributed by atoms with E-state index in [1.807, 2.05) is 19.9 Å². The molecule has 0 fully saturated rings. The molecule has 0 radical (unpaired) electrons. The lowest BCUT2D eigenvalue weighted by atomic mass is 10.0. The average molecular weight is 406 g/mol. The zero-order chi connectivity index (χ0) is 21.3. The van der Waals surface area contributed by atoms with Crippen molar-refractivity contribution in [3.05, 3.63) is 70.4 Å². The third kappa shape index (κ3) is 3.63. The van der Waals surface area contributed by atoms with Crippen LogP contribution in [-0.4, -0.2) is 27.5 Å². The van der Waals surface area contributed by atoms with Crippen molar-refractivity contribution in [1.82, 2.24) is 20.1 Å². The number of nitrogens with zero attached hydrogens (tertiary/aromatic N) is 3. The second-order valence-electron chi connectivity index (χ2n) is 7.11. The number of benzene rings is 1. The largest absolute Gasteiger partial charge is 0.485 e. The van der Waals surface area contributed by atoms with Crippen LogP contribution in [-0.2, 0) is 13.0 Å². The van der Waals surface area contributed by atoms with Crippen LogP contribution in [0, 0.1) is 18.2 Å². The molecule has 1 aromatic carbocycles. The van der Waals surface area contributed by atoms with E-state index in [1.165, 1.54) is 18.3 Å².